The molecule has 3 rings (SSSR count). The van der Waals surface area contributed by atoms with Crippen molar-refractivity contribution in [1.29, 1.82) is 0 Å². The minimum atomic E-state index is -3.56. The third-order valence-corrected chi connectivity index (χ3v) is 5.97. The van der Waals surface area contributed by atoms with Crippen LogP contribution in [0.1, 0.15) is 36.1 Å². The van der Waals surface area contributed by atoms with Crippen molar-refractivity contribution in [2.75, 3.05) is 18.0 Å². The lowest BCUT2D eigenvalue weighted by molar-refractivity contribution is 0.566. The zero-order chi connectivity index (χ0) is 17.9. The van der Waals surface area contributed by atoms with Crippen LogP contribution in [0.2, 0.25) is 0 Å². The van der Waals surface area contributed by atoms with Crippen molar-refractivity contribution < 1.29 is 8.42 Å². The second-order valence-electron chi connectivity index (χ2n) is 6.47. The molecule has 2 aromatic rings. The Hall–Kier alpha value is -1.99. The molecule has 1 saturated heterocycles. The predicted octanol–water partition coefficient (Wildman–Crippen LogP) is 2.56. The number of nitrogens with zero attached hydrogens (tertiary/aromatic N) is 3. The topological polar surface area (TPSA) is 75.2 Å². The van der Waals surface area contributed by atoms with Gasteiger partial charge in [0.1, 0.15) is 0 Å². The molecule has 0 atom stereocenters. The minimum Gasteiger partial charge on any atom is -0.341 e. The molecule has 0 spiro atoms. The van der Waals surface area contributed by atoms with Crippen LogP contribution in [0.5, 0.6) is 0 Å². The van der Waals surface area contributed by atoms with Crippen LogP contribution in [-0.4, -0.2) is 31.5 Å². The zero-order valence-corrected chi connectivity index (χ0v) is 15.5. The molecule has 0 radical (unpaired) electrons. The van der Waals surface area contributed by atoms with E-state index >= 15 is 0 Å². The average molecular weight is 360 g/mol. The van der Waals surface area contributed by atoms with Gasteiger partial charge in [0.25, 0.3) is 0 Å². The lowest BCUT2D eigenvalue weighted by Crippen LogP contribution is -2.31. The molecule has 0 saturated carbocycles. The molecule has 0 aliphatic carbocycles. The van der Waals surface area contributed by atoms with Crippen LogP contribution in [0.3, 0.4) is 0 Å². The monoisotopic (exact) mass is 360 g/mol. The first-order valence-corrected chi connectivity index (χ1v) is 10.1. The van der Waals surface area contributed by atoms with Crippen LogP contribution >= 0.6 is 0 Å². The van der Waals surface area contributed by atoms with Crippen molar-refractivity contribution in [3.05, 3.63) is 47.3 Å². The summed E-state index contributed by atoms with van der Waals surface area (Å²) in [5.41, 5.74) is 2.70. The van der Waals surface area contributed by atoms with Crippen LogP contribution in [0, 0.1) is 13.8 Å². The van der Waals surface area contributed by atoms with E-state index < -0.39 is 10.0 Å². The van der Waals surface area contributed by atoms with Gasteiger partial charge in [0.2, 0.25) is 16.0 Å². The van der Waals surface area contributed by atoms with Crippen LogP contribution in [0.25, 0.3) is 0 Å². The van der Waals surface area contributed by atoms with E-state index in [2.05, 4.69) is 19.6 Å². The highest BCUT2D eigenvalue weighted by molar-refractivity contribution is 7.89. The van der Waals surface area contributed by atoms with Gasteiger partial charge in [-0.15, -0.1) is 0 Å². The number of sulfonamides is 1. The normalized spacial score (nSPS) is 15.4. The molecule has 1 aromatic carbocycles. The first-order chi connectivity index (χ1) is 12.0. The van der Waals surface area contributed by atoms with E-state index in [0.717, 1.165) is 37.1 Å². The SMILES string of the molecule is Cc1ccc(S(=O)(=O)NCc2ccnc(N3CCCCC3)n2)cc1C. The van der Waals surface area contributed by atoms with Gasteiger partial charge in [0.15, 0.2) is 0 Å². The standard InChI is InChI=1S/C18H24N4O2S/c1-14-6-7-17(12-15(14)2)25(23,24)20-13-16-8-9-19-18(21-16)22-10-4-3-5-11-22/h6-9,12,20H,3-5,10-11,13H2,1-2H3. The highest BCUT2D eigenvalue weighted by atomic mass is 32.2. The van der Waals surface area contributed by atoms with Crippen LogP contribution in [0.15, 0.2) is 35.4 Å². The molecule has 1 aliphatic heterocycles. The minimum absolute atomic E-state index is 0.151. The van der Waals surface area contributed by atoms with Gasteiger partial charge in [0.05, 0.1) is 17.1 Å². The molecule has 134 valence electrons. The number of hydrogen-bond donors (Lipinski definition) is 1. The molecular formula is C18H24N4O2S. The maximum Gasteiger partial charge on any atom is 0.240 e. The molecule has 7 heteroatoms. The smallest absolute Gasteiger partial charge is 0.240 e. The van der Waals surface area contributed by atoms with Gasteiger partial charge in [0, 0.05) is 19.3 Å². The molecule has 1 fully saturated rings. The van der Waals surface area contributed by atoms with E-state index in [1.165, 1.54) is 6.42 Å². The Kier molecular flexibility index (Phi) is 5.34. The maximum absolute atomic E-state index is 12.5. The fourth-order valence-corrected chi connectivity index (χ4v) is 3.95. The highest BCUT2D eigenvalue weighted by Crippen LogP contribution is 2.17. The van der Waals surface area contributed by atoms with Crippen molar-refractivity contribution in [3.63, 3.8) is 0 Å². The number of rotatable bonds is 5. The van der Waals surface area contributed by atoms with Gasteiger partial charge in [-0.2, -0.15) is 0 Å². The third-order valence-electron chi connectivity index (χ3n) is 4.57. The number of hydrogen-bond acceptors (Lipinski definition) is 5. The number of aromatic nitrogens is 2. The second kappa shape index (κ2) is 7.49. The van der Waals surface area contributed by atoms with Crippen LogP contribution < -0.4 is 9.62 Å². The number of aryl methyl sites for hydroxylation is 2. The lowest BCUT2D eigenvalue weighted by atomic mass is 10.1. The van der Waals surface area contributed by atoms with E-state index in [0.29, 0.717) is 11.6 Å². The number of piperidine rings is 1. The summed E-state index contributed by atoms with van der Waals surface area (Å²) in [5.74, 6) is 0.683. The van der Waals surface area contributed by atoms with Crippen molar-refractivity contribution in [2.45, 2.75) is 44.6 Å². The highest BCUT2D eigenvalue weighted by Gasteiger charge is 2.16. The Morgan fingerprint density at radius 2 is 1.84 bits per heavy atom. The summed E-state index contributed by atoms with van der Waals surface area (Å²) in [5, 5.41) is 0. The van der Waals surface area contributed by atoms with E-state index in [1.807, 2.05) is 19.9 Å². The zero-order valence-electron chi connectivity index (χ0n) is 14.7. The molecule has 6 nitrogen and oxygen atoms in total. The summed E-state index contributed by atoms with van der Waals surface area (Å²) in [6.07, 6.45) is 5.22. The quantitative estimate of drug-likeness (QED) is 0.887. The molecule has 0 bridgehead atoms. The van der Waals surface area contributed by atoms with Crippen LogP contribution in [-0.2, 0) is 16.6 Å². The van der Waals surface area contributed by atoms with Gasteiger partial charge < -0.3 is 4.90 Å². The average Bonchev–Trinajstić information content (AvgIpc) is 2.63. The second-order valence-corrected chi connectivity index (χ2v) is 8.23. The summed E-state index contributed by atoms with van der Waals surface area (Å²) >= 11 is 0. The van der Waals surface area contributed by atoms with Crippen LogP contribution in [0.4, 0.5) is 5.95 Å². The summed E-state index contributed by atoms with van der Waals surface area (Å²) in [4.78, 5) is 11.3. The number of nitrogens with one attached hydrogen (secondary N) is 1. The Morgan fingerprint density at radius 1 is 1.08 bits per heavy atom. The van der Waals surface area contributed by atoms with E-state index in [4.69, 9.17) is 0 Å². The summed E-state index contributed by atoms with van der Waals surface area (Å²) in [6, 6.07) is 6.89. The lowest BCUT2D eigenvalue weighted by Gasteiger charge is -2.26. The summed E-state index contributed by atoms with van der Waals surface area (Å²) in [6.45, 7) is 5.93. The maximum atomic E-state index is 12.5. The molecule has 1 aromatic heterocycles. The Morgan fingerprint density at radius 3 is 2.56 bits per heavy atom. The molecule has 0 amide bonds. The molecule has 1 N–H and O–H groups in total. The van der Waals surface area contributed by atoms with E-state index in [9.17, 15) is 8.42 Å². The molecule has 2 heterocycles. The van der Waals surface area contributed by atoms with Gasteiger partial charge >= 0.3 is 0 Å². The van der Waals surface area contributed by atoms with Crippen molar-refractivity contribution >= 4 is 16.0 Å². The first kappa shape index (κ1) is 17.8. The van der Waals surface area contributed by atoms with Gasteiger partial charge in [-0.3, -0.25) is 0 Å². The fourth-order valence-electron chi connectivity index (χ4n) is 2.86. The Labute approximate surface area is 149 Å². The van der Waals surface area contributed by atoms with Crippen molar-refractivity contribution in [1.82, 2.24) is 14.7 Å². The van der Waals surface area contributed by atoms with Gasteiger partial charge in [-0.05, 0) is 62.4 Å². The first-order valence-electron chi connectivity index (χ1n) is 8.59. The molecule has 0 unspecified atom stereocenters. The summed E-state index contributed by atoms with van der Waals surface area (Å²) < 4.78 is 27.6. The Balaban J connectivity index is 1.71. The molecular weight excluding hydrogens is 336 g/mol. The molecule has 1 aliphatic rings. The predicted molar refractivity (Wildman–Crippen MR) is 98.0 cm³/mol. The van der Waals surface area contributed by atoms with Gasteiger partial charge in [-0.1, -0.05) is 6.07 Å². The summed E-state index contributed by atoms with van der Waals surface area (Å²) in [7, 11) is -3.56. The van der Waals surface area contributed by atoms with Crippen molar-refractivity contribution in [2.24, 2.45) is 0 Å². The van der Waals surface area contributed by atoms with E-state index in [-0.39, 0.29) is 11.4 Å². The largest absolute Gasteiger partial charge is 0.341 e. The fraction of sp³-hybridized carbons (Fsp3) is 0.444. The molecule has 25 heavy (non-hydrogen) atoms. The third kappa shape index (κ3) is 4.35. The van der Waals surface area contributed by atoms with Gasteiger partial charge in [-0.25, -0.2) is 23.1 Å². The Bertz CT molecular complexity index is 846. The number of anilines is 1. The van der Waals surface area contributed by atoms with E-state index in [1.54, 1.807) is 24.4 Å². The number of benzene rings is 1. The van der Waals surface area contributed by atoms with Crippen molar-refractivity contribution in [3.8, 4) is 0 Å².